The Morgan fingerprint density at radius 1 is 1.05 bits per heavy atom. The highest BCUT2D eigenvalue weighted by Crippen LogP contribution is 2.37. The third-order valence-electron chi connectivity index (χ3n) is 6.37. The maximum Gasteiger partial charge on any atom is 0.326 e. The van der Waals surface area contributed by atoms with Gasteiger partial charge in [-0.1, -0.05) is 6.07 Å². The van der Waals surface area contributed by atoms with Crippen molar-refractivity contribution in [2.24, 2.45) is 7.05 Å². The van der Waals surface area contributed by atoms with E-state index in [1.165, 1.54) is 0 Å². The molecule has 4 rings (SSSR count). The molecule has 0 fully saturated rings. The van der Waals surface area contributed by atoms with Crippen LogP contribution in [0.2, 0.25) is 0 Å². The van der Waals surface area contributed by atoms with E-state index in [1.807, 2.05) is 53.2 Å². The lowest BCUT2D eigenvalue weighted by Crippen LogP contribution is -2.33. The van der Waals surface area contributed by atoms with Gasteiger partial charge in [-0.15, -0.1) is 0 Å². The quantitative estimate of drug-likeness (QED) is 0.311. The van der Waals surface area contributed by atoms with Crippen LogP contribution in [0.4, 0.5) is 11.8 Å². The number of methoxy groups -OCH3 is 2. The van der Waals surface area contributed by atoms with Gasteiger partial charge >= 0.3 is 5.97 Å². The lowest BCUT2D eigenvalue weighted by Gasteiger charge is -2.19. The minimum atomic E-state index is -1.07. The lowest BCUT2D eigenvalue weighted by molar-refractivity contribution is -0.137. The average molecular weight is 533 g/mol. The molecule has 12 heteroatoms. The Bertz CT molecular complexity index is 1460. The van der Waals surface area contributed by atoms with Crippen molar-refractivity contribution in [3.63, 3.8) is 0 Å². The standard InChI is InChI=1S/C27H32N8O4/c1-15-23(16(2)35(5)33-15)18-14-30-27(34(3)4)32-25(18)31-19(26(36)37)11-22-28-12-17(13-29-22)24-20(38-6)9-8-10-21(24)39-7/h8-10,12-14,19H,11H2,1-7H3,(H,36,37)(H,30,31,32)/t19-/m0/s1. The van der Waals surface area contributed by atoms with Crippen molar-refractivity contribution in [1.82, 2.24) is 29.7 Å². The van der Waals surface area contributed by atoms with Gasteiger partial charge in [0.05, 0.1) is 25.5 Å². The molecule has 0 aliphatic rings. The van der Waals surface area contributed by atoms with E-state index in [1.54, 1.807) is 42.4 Å². The molecule has 0 unspecified atom stereocenters. The summed E-state index contributed by atoms with van der Waals surface area (Å²) in [7, 11) is 8.65. The van der Waals surface area contributed by atoms with Crippen LogP contribution in [0, 0.1) is 13.8 Å². The van der Waals surface area contributed by atoms with Crippen LogP contribution in [0.3, 0.4) is 0 Å². The fourth-order valence-electron chi connectivity index (χ4n) is 4.32. The summed E-state index contributed by atoms with van der Waals surface area (Å²) in [4.78, 5) is 32.1. The van der Waals surface area contributed by atoms with E-state index in [4.69, 9.17) is 9.47 Å². The van der Waals surface area contributed by atoms with Gasteiger partial charge in [0.15, 0.2) is 0 Å². The zero-order valence-electron chi connectivity index (χ0n) is 23.1. The average Bonchev–Trinajstić information content (AvgIpc) is 3.18. The van der Waals surface area contributed by atoms with E-state index in [0.717, 1.165) is 17.0 Å². The first-order chi connectivity index (χ1) is 18.6. The zero-order chi connectivity index (χ0) is 28.3. The SMILES string of the molecule is COc1cccc(OC)c1-c1cnc(C[C@H](Nc2nc(N(C)C)ncc2-c2c(C)nn(C)c2C)C(=O)O)nc1. The third kappa shape index (κ3) is 5.59. The van der Waals surface area contributed by atoms with Gasteiger partial charge in [0.1, 0.15) is 29.2 Å². The van der Waals surface area contributed by atoms with Crippen LogP contribution < -0.4 is 19.7 Å². The number of benzene rings is 1. The van der Waals surface area contributed by atoms with Gasteiger partial charge in [0.2, 0.25) is 5.95 Å². The number of carbonyl (C=O) groups is 1. The number of carboxylic acids is 1. The molecule has 204 valence electrons. The molecular formula is C27H32N8O4. The number of aryl methyl sites for hydroxylation is 2. The summed E-state index contributed by atoms with van der Waals surface area (Å²) >= 11 is 0. The molecule has 0 amide bonds. The number of aromatic nitrogens is 6. The molecule has 0 saturated carbocycles. The van der Waals surface area contributed by atoms with E-state index in [0.29, 0.717) is 45.8 Å². The maximum absolute atomic E-state index is 12.3. The van der Waals surface area contributed by atoms with Crippen molar-refractivity contribution >= 4 is 17.7 Å². The summed E-state index contributed by atoms with van der Waals surface area (Å²) in [5.41, 5.74) is 4.61. The van der Waals surface area contributed by atoms with Gasteiger partial charge in [-0.05, 0) is 26.0 Å². The summed E-state index contributed by atoms with van der Waals surface area (Å²) in [5, 5.41) is 17.7. The summed E-state index contributed by atoms with van der Waals surface area (Å²) < 4.78 is 12.7. The van der Waals surface area contributed by atoms with Crippen molar-refractivity contribution in [1.29, 1.82) is 0 Å². The number of carboxylic acid groups (broad SMARTS) is 1. The molecule has 2 N–H and O–H groups in total. The first-order valence-corrected chi connectivity index (χ1v) is 12.2. The number of ether oxygens (including phenoxy) is 2. The predicted octanol–water partition coefficient (Wildman–Crippen LogP) is 3.14. The fourth-order valence-corrected chi connectivity index (χ4v) is 4.32. The Labute approximate surface area is 226 Å². The van der Waals surface area contributed by atoms with Gasteiger partial charge < -0.3 is 24.8 Å². The molecule has 4 aromatic rings. The molecular weight excluding hydrogens is 500 g/mol. The van der Waals surface area contributed by atoms with Crippen LogP contribution >= 0.6 is 0 Å². The number of hydrogen-bond donors (Lipinski definition) is 2. The molecule has 0 saturated heterocycles. The number of rotatable bonds is 10. The van der Waals surface area contributed by atoms with Crippen molar-refractivity contribution in [3.05, 3.63) is 54.0 Å². The Morgan fingerprint density at radius 3 is 2.21 bits per heavy atom. The lowest BCUT2D eigenvalue weighted by atomic mass is 10.1. The Hall–Kier alpha value is -4.74. The number of aliphatic carboxylic acids is 1. The van der Waals surface area contributed by atoms with Crippen LogP contribution in [-0.4, -0.2) is 75.1 Å². The topological polar surface area (TPSA) is 140 Å². The molecule has 0 aliphatic heterocycles. The minimum absolute atomic E-state index is 0.0183. The Balaban J connectivity index is 1.67. The molecule has 1 atom stereocenters. The molecule has 0 bridgehead atoms. The highest BCUT2D eigenvalue weighted by Gasteiger charge is 2.25. The Morgan fingerprint density at radius 2 is 1.69 bits per heavy atom. The second kappa shape index (κ2) is 11.3. The normalized spacial score (nSPS) is 11.7. The molecule has 0 spiro atoms. The second-order valence-electron chi connectivity index (χ2n) is 9.16. The minimum Gasteiger partial charge on any atom is -0.496 e. The number of nitrogens with zero attached hydrogens (tertiary/aromatic N) is 7. The number of nitrogens with one attached hydrogen (secondary N) is 1. The highest BCUT2D eigenvalue weighted by molar-refractivity contribution is 5.83. The predicted molar refractivity (Wildman–Crippen MR) is 147 cm³/mol. The van der Waals surface area contributed by atoms with Crippen LogP contribution in [0.1, 0.15) is 17.2 Å². The molecule has 0 aliphatic carbocycles. The van der Waals surface area contributed by atoms with E-state index >= 15 is 0 Å². The van der Waals surface area contributed by atoms with E-state index in [9.17, 15) is 9.90 Å². The highest BCUT2D eigenvalue weighted by atomic mass is 16.5. The van der Waals surface area contributed by atoms with Gasteiger partial charge in [-0.3, -0.25) is 4.68 Å². The largest absolute Gasteiger partial charge is 0.496 e. The molecule has 39 heavy (non-hydrogen) atoms. The smallest absolute Gasteiger partial charge is 0.326 e. The zero-order valence-corrected chi connectivity index (χ0v) is 23.1. The van der Waals surface area contributed by atoms with Crippen LogP contribution in [0.5, 0.6) is 11.5 Å². The van der Waals surface area contributed by atoms with Crippen molar-refractivity contribution in [2.45, 2.75) is 26.3 Å². The summed E-state index contributed by atoms with van der Waals surface area (Å²) in [6.07, 6.45) is 4.96. The summed E-state index contributed by atoms with van der Waals surface area (Å²) in [6.45, 7) is 3.84. The van der Waals surface area contributed by atoms with E-state index in [-0.39, 0.29) is 6.42 Å². The van der Waals surface area contributed by atoms with Crippen molar-refractivity contribution in [2.75, 3.05) is 38.5 Å². The first kappa shape index (κ1) is 27.3. The molecule has 1 aromatic carbocycles. The van der Waals surface area contributed by atoms with Crippen molar-refractivity contribution in [3.8, 4) is 33.8 Å². The molecule has 3 aromatic heterocycles. The maximum atomic E-state index is 12.3. The first-order valence-electron chi connectivity index (χ1n) is 12.2. The van der Waals surface area contributed by atoms with E-state index in [2.05, 4.69) is 30.4 Å². The fraction of sp³-hybridized carbons (Fsp3) is 0.333. The Kier molecular flexibility index (Phi) is 7.93. The van der Waals surface area contributed by atoms with Crippen LogP contribution in [0.15, 0.2) is 36.8 Å². The second-order valence-corrected chi connectivity index (χ2v) is 9.16. The van der Waals surface area contributed by atoms with E-state index < -0.39 is 12.0 Å². The molecule has 0 radical (unpaired) electrons. The van der Waals surface area contributed by atoms with Crippen LogP contribution in [0.25, 0.3) is 22.3 Å². The van der Waals surface area contributed by atoms with Gasteiger partial charge in [0, 0.05) is 68.5 Å². The molecule has 12 nitrogen and oxygen atoms in total. The van der Waals surface area contributed by atoms with Crippen molar-refractivity contribution < 1.29 is 19.4 Å². The van der Waals surface area contributed by atoms with Crippen LogP contribution in [-0.2, 0) is 18.3 Å². The molecule has 3 heterocycles. The summed E-state index contributed by atoms with van der Waals surface area (Å²) in [5.74, 6) is 1.34. The summed E-state index contributed by atoms with van der Waals surface area (Å²) in [6, 6.07) is 4.42. The van der Waals surface area contributed by atoms with Gasteiger partial charge in [-0.25, -0.2) is 19.7 Å². The van der Waals surface area contributed by atoms with Gasteiger partial charge in [0.25, 0.3) is 0 Å². The monoisotopic (exact) mass is 532 g/mol. The number of hydrogen-bond acceptors (Lipinski definition) is 10. The number of anilines is 2. The third-order valence-corrected chi connectivity index (χ3v) is 6.37. The van der Waals surface area contributed by atoms with Gasteiger partial charge in [-0.2, -0.15) is 10.1 Å².